The van der Waals surface area contributed by atoms with E-state index in [1.54, 1.807) is 0 Å². The number of morpholine rings is 1. The molecule has 0 aromatic heterocycles. The number of ether oxygens (including phenoxy) is 2. The van der Waals surface area contributed by atoms with Gasteiger partial charge in [-0.25, -0.2) is 0 Å². The molecule has 1 heterocycles. The van der Waals surface area contributed by atoms with Crippen molar-refractivity contribution in [1.82, 2.24) is 15.5 Å². The molecular weight excluding hydrogens is 467 g/mol. The van der Waals surface area contributed by atoms with Gasteiger partial charge in [0.1, 0.15) is 0 Å². The van der Waals surface area contributed by atoms with Crippen LogP contribution in [-0.4, -0.2) is 62.9 Å². The minimum absolute atomic E-state index is 0. The van der Waals surface area contributed by atoms with Gasteiger partial charge in [-0.05, 0) is 31.4 Å². The lowest BCUT2D eigenvalue weighted by atomic mass is 10.0. The van der Waals surface area contributed by atoms with Crippen LogP contribution in [0.5, 0.6) is 0 Å². The van der Waals surface area contributed by atoms with Gasteiger partial charge in [0, 0.05) is 45.4 Å². The molecule has 1 aliphatic heterocycles. The molecule has 1 aromatic carbocycles. The van der Waals surface area contributed by atoms with Gasteiger partial charge in [0.15, 0.2) is 5.96 Å². The summed E-state index contributed by atoms with van der Waals surface area (Å²) < 4.78 is 11.2. The Balaban J connectivity index is 0.00000392. The fraction of sp³-hybridized carbons (Fsp3) is 0.667. The van der Waals surface area contributed by atoms with E-state index in [0.717, 1.165) is 58.4 Å². The Morgan fingerprint density at radius 2 is 1.86 bits per heavy atom. The monoisotopic (exact) mass is 504 g/mol. The molecule has 0 aliphatic carbocycles. The topological polar surface area (TPSA) is 58.1 Å². The van der Waals surface area contributed by atoms with Crippen molar-refractivity contribution in [2.75, 3.05) is 46.5 Å². The van der Waals surface area contributed by atoms with Gasteiger partial charge >= 0.3 is 0 Å². The minimum Gasteiger partial charge on any atom is -0.379 e. The Morgan fingerprint density at radius 1 is 1.18 bits per heavy atom. The van der Waals surface area contributed by atoms with E-state index in [9.17, 15) is 0 Å². The third-order valence-electron chi connectivity index (χ3n) is 4.95. The summed E-state index contributed by atoms with van der Waals surface area (Å²) in [6.45, 7) is 13.2. The van der Waals surface area contributed by atoms with E-state index in [0.29, 0.717) is 6.61 Å². The number of guanidine groups is 1. The summed E-state index contributed by atoms with van der Waals surface area (Å²) in [6, 6.07) is 8.40. The Hall–Kier alpha value is -0.900. The van der Waals surface area contributed by atoms with Crippen molar-refractivity contribution >= 4 is 29.9 Å². The molecule has 1 fully saturated rings. The van der Waals surface area contributed by atoms with Gasteiger partial charge in [0.2, 0.25) is 0 Å². The predicted octanol–water partition coefficient (Wildman–Crippen LogP) is 3.01. The highest BCUT2D eigenvalue weighted by Gasteiger charge is 2.28. The molecule has 0 saturated carbocycles. The molecule has 2 rings (SSSR count). The van der Waals surface area contributed by atoms with E-state index in [-0.39, 0.29) is 29.5 Å². The average Bonchev–Trinajstić information content (AvgIpc) is 2.70. The summed E-state index contributed by atoms with van der Waals surface area (Å²) >= 11 is 0. The molecule has 0 radical (unpaired) electrons. The number of rotatable bonds is 9. The van der Waals surface area contributed by atoms with Crippen LogP contribution in [0.25, 0.3) is 0 Å². The van der Waals surface area contributed by atoms with E-state index in [1.165, 1.54) is 11.1 Å². The lowest BCUT2D eigenvalue weighted by Crippen LogP contribution is -2.56. The van der Waals surface area contributed by atoms with Crippen LogP contribution in [0.3, 0.4) is 0 Å². The van der Waals surface area contributed by atoms with Gasteiger partial charge in [-0.2, -0.15) is 0 Å². The molecule has 1 saturated heterocycles. The molecule has 1 aromatic rings. The minimum atomic E-state index is 0. The second-order valence-electron chi connectivity index (χ2n) is 7.51. The lowest BCUT2D eigenvalue weighted by molar-refractivity contribution is -0.00834. The van der Waals surface area contributed by atoms with Gasteiger partial charge in [0.25, 0.3) is 0 Å². The zero-order valence-electron chi connectivity index (χ0n) is 17.8. The molecule has 0 atom stereocenters. The van der Waals surface area contributed by atoms with Crippen molar-refractivity contribution in [2.45, 2.75) is 45.9 Å². The number of halogens is 1. The highest BCUT2D eigenvalue weighted by molar-refractivity contribution is 14.0. The summed E-state index contributed by atoms with van der Waals surface area (Å²) in [4.78, 5) is 6.85. The van der Waals surface area contributed by atoms with E-state index in [1.807, 2.05) is 7.05 Å². The van der Waals surface area contributed by atoms with Crippen LogP contribution in [-0.2, 0) is 22.6 Å². The standard InChI is InChI=1S/C21H36N4O2.HI/c1-5-12-27-16-19-9-7-6-8-18(19)15-23-20(22-4)24-17-21(2,3)25-10-13-26-14-11-25;/h6-9H,5,10-17H2,1-4H3,(H2,22,23,24);1H. The summed E-state index contributed by atoms with van der Waals surface area (Å²) in [5.74, 6) is 0.820. The summed E-state index contributed by atoms with van der Waals surface area (Å²) in [6.07, 6.45) is 1.04. The summed E-state index contributed by atoms with van der Waals surface area (Å²) in [7, 11) is 1.81. The van der Waals surface area contributed by atoms with Gasteiger partial charge in [-0.1, -0.05) is 31.2 Å². The average molecular weight is 504 g/mol. The summed E-state index contributed by atoms with van der Waals surface area (Å²) in [5.41, 5.74) is 2.51. The maximum Gasteiger partial charge on any atom is 0.191 e. The molecule has 7 heteroatoms. The van der Waals surface area contributed by atoms with E-state index < -0.39 is 0 Å². The third-order valence-corrected chi connectivity index (χ3v) is 4.95. The SMILES string of the molecule is CCCOCc1ccccc1CNC(=NC)NCC(C)(C)N1CCOCC1.I. The number of nitrogens with one attached hydrogen (secondary N) is 2. The zero-order valence-corrected chi connectivity index (χ0v) is 20.1. The number of benzene rings is 1. The fourth-order valence-corrected chi connectivity index (χ4v) is 3.18. The zero-order chi connectivity index (χ0) is 19.5. The van der Waals surface area contributed by atoms with Crippen molar-refractivity contribution in [3.8, 4) is 0 Å². The molecule has 0 unspecified atom stereocenters. The molecule has 0 bridgehead atoms. The fourth-order valence-electron chi connectivity index (χ4n) is 3.18. The first-order valence-corrected chi connectivity index (χ1v) is 9.98. The van der Waals surface area contributed by atoms with Crippen LogP contribution in [0.4, 0.5) is 0 Å². The molecular formula is C21H37IN4O2. The first-order chi connectivity index (χ1) is 13.1. The van der Waals surface area contributed by atoms with Crippen molar-refractivity contribution in [2.24, 2.45) is 4.99 Å². The van der Waals surface area contributed by atoms with Crippen molar-refractivity contribution in [1.29, 1.82) is 0 Å². The van der Waals surface area contributed by atoms with Gasteiger partial charge in [-0.3, -0.25) is 9.89 Å². The van der Waals surface area contributed by atoms with Crippen LogP contribution in [0.15, 0.2) is 29.3 Å². The van der Waals surface area contributed by atoms with Crippen LogP contribution < -0.4 is 10.6 Å². The van der Waals surface area contributed by atoms with E-state index in [4.69, 9.17) is 9.47 Å². The normalized spacial score (nSPS) is 15.8. The molecule has 0 amide bonds. The smallest absolute Gasteiger partial charge is 0.191 e. The molecule has 28 heavy (non-hydrogen) atoms. The maximum atomic E-state index is 5.71. The largest absolute Gasteiger partial charge is 0.379 e. The van der Waals surface area contributed by atoms with Crippen molar-refractivity contribution < 1.29 is 9.47 Å². The second-order valence-corrected chi connectivity index (χ2v) is 7.51. The van der Waals surface area contributed by atoms with Gasteiger partial charge in [-0.15, -0.1) is 24.0 Å². The van der Waals surface area contributed by atoms with Crippen molar-refractivity contribution in [3.63, 3.8) is 0 Å². The highest BCUT2D eigenvalue weighted by atomic mass is 127. The number of aliphatic imine (C=N–C) groups is 1. The first kappa shape index (κ1) is 25.1. The van der Waals surface area contributed by atoms with Crippen molar-refractivity contribution in [3.05, 3.63) is 35.4 Å². The molecule has 1 aliphatic rings. The first-order valence-electron chi connectivity index (χ1n) is 9.98. The Labute approximate surface area is 187 Å². The number of nitrogens with zero attached hydrogens (tertiary/aromatic N) is 2. The van der Waals surface area contributed by atoms with Crippen LogP contribution in [0.1, 0.15) is 38.3 Å². The highest BCUT2D eigenvalue weighted by Crippen LogP contribution is 2.15. The van der Waals surface area contributed by atoms with Crippen LogP contribution in [0.2, 0.25) is 0 Å². The molecule has 160 valence electrons. The van der Waals surface area contributed by atoms with E-state index in [2.05, 4.69) is 65.6 Å². The quantitative estimate of drug-likeness (QED) is 0.235. The predicted molar refractivity (Wildman–Crippen MR) is 126 cm³/mol. The van der Waals surface area contributed by atoms with Crippen LogP contribution >= 0.6 is 24.0 Å². The number of hydrogen-bond donors (Lipinski definition) is 2. The van der Waals surface area contributed by atoms with Crippen LogP contribution in [0, 0.1) is 0 Å². The lowest BCUT2D eigenvalue weighted by Gasteiger charge is -2.41. The van der Waals surface area contributed by atoms with Gasteiger partial charge < -0.3 is 20.1 Å². The summed E-state index contributed by atoms with van der Waals surface area (Å²) in [5, 5.41) is 6.91. The van der Waals surface area contributed by atoms with Gasteiger partial charge in [0.05, 0.1) is 19.8 Å². The third kappa shape index (κ3) is 8.23. The second kappa shape index (κ2) is 13.3. The Bertz CT molecular complexity index is 590. The number of hydrogen-bond acceptors (Lipinski definition) is 4. The molecule has 0 spiro atoms. The maximum absolute atomic E-state index is 5.71. The molecule has 6 nitrogen and oxygen atoms in total. The molecule has 2 N–H and O–H groups in total. The Kier molecular flexibility index (Phi) is 12.0. The Morgan fingerprint density at radius 3 is 2.50 bits per heavy atom. The van der Waals surface area contributed by atoms with E-state index >= 15 is 0 Å².